The molecule has 7 nitrogen and oxygen atoms in total. The van der Waals surface area contributed by atoms with Crippen LogP contribution in [0.2, 0.25) is 0 Å². The summed E-state index contributed by atoms with van der Waals surface area (Å²) < 4.78 is 12.2. The topological polar surface area (TPSA) is 86.6 Å². The molecule has 2 aromatic carbocycles. The summed E-state index contributed by atoms with van der Waals surface area (Å²) in [4.78, 5) is 38.9. The van der Waals surface area contributed by atoms with Crippen LogP contribution >= 0.6 is 0 Å². The number of carbonyl (C=O) groups excluding carboxylic acids is 3. The molecule has 1 fully saturated rings. The fourth-order valence-corrected chi connectivity index (χ4v) is 3.54. The number of benzene rings is 2. The van der Waals surface area contributed by atoms with E-state index in [4.69, 9.17) is 9.47 Å². The number of amides is 1. The van der Waals surface area contributed by atoms with Gasteiger partial charge in [-0.25, -0.2) is 9.59 Å². The van der Waals surface area contributed by atoms with Gasteiger partial charge in [-0.05, 0) is 51.3 Å². The molecule has 0 spiro atoms. The van der Waals surface area contributed by atoms with Gasteiger partial charge in [0.05, 0.1) is 5.52 Å². The molecule has 0 atom stereocenters. The molecule has 0 saturated heterocycles. The van der Waals surface area contributed by atoms with Crippen molar-refractivity contribution in [2.75, 3.05) is 0 Å². The Morgan fingerprint density at radius 3 is 2.31 bits per heavy atom. The summed E-state index contributed by atoms with van der Waals surface area (Å²) in [5, 5.41) is 3.46. The van der Waals surface area contributed by atoms with Gasteiger partial charge < -0.3 is 14.8 Å². The maximum atomic E-state index is 13.6. The van der Waals surface area contributed by atoms with E-state index in [0.717, 1.165) is 10.9 Å². The molecule has 166 valence electrons. The van der Waals surface area contributed by atoms with Gasteiger partial charge in [0.25, 0.3) is 5.91 Å². The number of nitrogens with one attached hydrogen (secondary N) is 1. The van der Waals surface area contributed by atoms with Crippen molar-refractivity contribution in [1.82, 2.24) is 9.88 Å². The van der Waals surface area contributed by atoms with Crippen LogP contribution in [0.4, 0.5) is 4.79 Å². The number of hydrogen-bond donors (Lipinski definition) is 1. The molecule has 0 unspecified atom stereocenters. The van der Waals surface area contributed by atoms with E-state index in [9.17, 15) is 14.4 Å². The Kier molecular flexibility index (Phi) is 5.50. The van der Waals surface area contributed by atoms with Crippen molar-refractivity contribution in [2.45, 2.75) is 51.4 Å². The number of rotatable bonds is 5. The molecule has 1 saturated carbocycles. The van der Waals surface area contributed by atoms with Gasteiger partial charge in [0.1, 0.15) is 23.4 Å². The minimum Gasteiger partial charge on any atom is -0.455 e. The second-order valence-electron chi connectivity index (χ2n) is 9.00. The van der Waals surface area contributed by atoms with E-state index in [-0.39, 0.29) is 18.2 Å². The molecule has 32 heavy (non-hydrogen) atoms. The van der Waals surface area contributed by atoms with E-state index in [2.05, 4.69) is 5.32 Å². The van der Waals surface area contributed by atoms with Crippen LogP contribution in [0.1, 0.15) is 54.5 Å². The molecule has 1 aromatic heterocycles. The average Bonchev–Trinajstić information content (AvgIpc) is 3.42. The predicted molar refractivity (Wildman–Crippen MR) is 119 cm³/mol. The summed E-state index contributed by atoms with van der Waals surface area (Å²) in [5.41, 5.74) is -0.242. The van der Waals surface area contributed by atoms with Gasteiger partial charge in [0, 0.05) is 5.39 Å². The molecule has 0 bridgehead atoms. The zero-order valence-electron chi connectivity index (χ0n) is 18.4. The zero-order valence-corrected chi connectivity index (χ0v) is 18.4. The van der Waals surface area contributed by atoms with Crippen LogP contribution in [0.3, 0.4) is 0 Å². The van der Waals surface area contributed by atoms with Crippen molar-refractivity contribution < 1.29 is 23.9 Å². The molecular weight excluding hydrogens is 408 g/mol. The molecule has 3 aromatic rings. The number of nitrogens with zero attached hydrogens (tertiary/aromatic N) is 1. The van der Waals surface area contributed by atoms with Gasteiger partial charge in [-0.3, -0.25) is 9.36 Å². The van der Waals surface area contributed by atoms with Crippen molar-refractivity contribution in [3.05, 3.63) is 71.9 Å². The normalized spacial score (nSPS) is 14.6. The van der Waals surface area contributed by atoms with Gasteiger partial charge in [0.2, 0.25) is 0 Å². The molecule has 1 heterocycles. The number of fused-ring (bicyclic) bond motifs is 1. The summed E-state index contributed by atoms with van der Waals surface area (Å²) in [6.45, 7) is 5.41. The minimum absolute atomic E-state index is 0.104. The molecule has 4 rings (SSSR count). The van der Waals surface area contributed by atoms with Crippen LogP contribution < -0.4 is 5.32 Å². The van der Waals surface area contributed by atoms with Gasteiger partial charge in [-0.15, -0.1) is 0 Å². The lowest BCUT2D eigenvalue weighted by atomic mass is 10.2. The molecule has 0 radical (unpaired) electrons. The Labute approximate surface area is 186 Å². The van der Waals surface area contributed by atoms with Crippen molar-refractivity contribution in [1.29, 1.82) is 0 Å². The van der Waals surface area contributed by atoms with Crippen LogP contribution in [-0.4, -0.2) is 33.7 Å². The SMILES string of the molecule is CC(C)(C)OC(=O)c1cc2ccccc2n1C(=O)C1(NC(=O)OCc2ccccc2)CC1. The first-order valence-corrected chi connectivity index (χ1v) is 10.6. The second-order valence-corrected chi connectivity index (χ2v) is 9.00. The quantitative estimate of drug-likeness (QED) is 0.589. The van der Waals surface area contributed by atoms with Crippen LogP contribution in [0, 0.1) is 0 Å². The molecule has 7 heteroatoms. The standard InChI is InChI=1S/C25H26N2O5/c1-24(2,3)32-21(28)20-15-18-11-7-8-12-19(18)27(20)22(29)25(13-14-25)26-23(30)31-16-17-9-5-4-6-10-17/h4-12,15H,13-14,16H2,1-3H3,(H,26,30). The highest BCUT2D eigenvalue weighted by molar-refractivity contribution is 6.07. The molecule has 1 aliphatic carbocycles. The number of para-hydroxylation sites is 1. The number of hydrogen-bond acceptors (Lipinski definition) is 5. The Morgan fingerprint density at radius 1 is 1.00 bits per heavy atom. The third-order valence-corrected chi connectivity index (χ3v) is 5.24. The lowest BCUT2D eigenvalue weighted by Gasteiger charge is -2.22. The summed E-state index contributed by atoms with van der Waals surface area (Å²) >= 11 is 0. The van der Waals surface area contributed by atoms with Crippen LogP contribution in [0.25, 0.3) is 10.9 Å². The lowest BCUT2D eigenvalue weighted by Crippen LogP contribution is -2.46. The molecule has 1 N–H and O–H groups in total. The first-order valence-electron chi connectivity index (χ1n) is 10.6. The first-order chi connectivity index (χ1) is 15.2. The van der Waals surface area contributed by atoms with Gasteiger partial charge in [-0.2, -0.15) is 0 Å². The summed E-state index contributed by atoms with van der Waals surface area (Å²) in [7, 11) is 0. The summed E-state index contributed by atoms with van der Waals surface area (Å²) in [6.07, 6.45) is 0.258. The number of alkyl carbamates (subject to hydrolysis) is 1. The molecule has 1 amide bonds. The molecule has 1 aliphatic rings. The third-order valence-electron chi connectivity index (χ3n) is 5.24. The van der Waals surface area contributed by atoms with Crippen LogP contribution in [0.15, 0.2) is 60.7 Å². The third kappa shape index (κ3) is 4.51. The Morgan fingerprint density at radius 2 is 1.66 bits per heavy atom. The number of carbonyl (C=O) groups is 3. The smallest absolute Gasteiger partial charge is 0.408 e. The van der Waals surface area contributed by atoms with Crippen molar-refractivity contribution in [3.8, 4) is 0 Å². The van der Waals surface area contributed by atoms with Crippen molar-refractivity contribution in [2.24, 2.45) is 0 Å². The highest BCUT2D eigenvalue weighted by atomic mass is 16.6. The Balaban J connectivity index is 1.58. The van der Waals surface area contributed by atoms with E-state index < -0.39 is 23.2 Å². The lowest BCUT2D eigenvalue weighted by molar-refractivity contribution is 0.00570. The van der Waals surface area contributed by atoms with Gasteiger partial charge >= 0.3 is 12.1 Å². The maximum absolute atomic E-state index is 13.6. The highest BCUT2D eigenvalue weighted by Gasteiger charge is 2.53. The van der Waals surface area contributed by atoms with E-state index in [1.54, 1.807) is 39.0 Å². The van der Waals surface area contributed by atoms with Crippen LogP contribution in [-0.2, 0) is 16.1 Å². The number of esters is 1. The minimum atomic E-state index is -1.10. The number of ether oxygens (including phenoxy) is 2. The van der Waals surface area contributed by atoms with Crippen molar-refractivity contribution in [3.63, 3.8) is 0 Å². The number of aromatic nitrogens is 1. The van der Waals surface area contributed by atoms with Crippen molar-refractivity contribution >= 4 is 28.9 Å². The van der Waals surface area contributed by atoms with Crippen LogP contribution in [0.5, 0.6) is 0 Å². The highest BCUT2D eigenvalue weighted by Crippen LogP contribution is 2.39. The Hall–Kier alpha value is -3.61. The average molecular weight is 434 g/mol. The largest absolute Gasteiger partial charge is 0.455 e. The van der Waals surface area contributed by atoms with E-state index in [1.807, 2.05) is 42.5 Å². The van der Waals surface area contributed by atoms with E-state index in [1.165, 1.54) is 4.57 Å². The summed E-state index contributed by atoms with van der Waals surface area (Å²) in [5.74, 6) is -0.972. The fourth-order valence-electron chi connectivity index (χ4n) is 3.54. The molecule has 0 aliphatic heterocycles. The zero-order chi connectivity index (χ0) is 22.9. The maximum Gasteiger partial charge on any atom is 0.408 e. The fraction of sp³-hybridized carbons (Fsp3) is 0.320. The van der Waals surface area contributed by atoms with E-state index in [0.29, 0.717) is 18.4 Å². The summed E-state index contributed by atoms with van der Waals surface area (Å²) in [6, 6.07) is 18.2. The second kappa shape index (κ2) is 8.15. The monoisotopic (exact) mass is 434 g/mol. The predicted octanol–water partition coefficient (Wildman–Crippen LogP) is 4.70. The van der Waals surface area contributed by atoms with E-state index >= 15 is 0 Å². The Bertz CT molecular complexity index is 1170. The van der Waals surface area contributed by atoms with Gasteiger partial charge in [0.15, 0.2) is 0 Å². The first kappa shape index (κ1) is 21.6. The van der Waals surface area contributed by atoms with Gasteiger partial charge in [-0.1, -0.05) is 48.5 Å². The molecular formula is C25H26N2O5.